The Morgan fingerprint density at radius 3 is 2.33 bits per heavy atom. The van der Waals surface area contributed by atoms with Crippen molar-refractivity contribution in [3.8, 4) is 0 Å². The summed E-state index contributed by atoms with van der Waals surface area (Å²) >= 11 is 0. The van der Waals surface area contributed by atoms with Crippen LogP contribution in [0.5, 0.6) is 0 Å². The van der Waals surface area contributed by atoms with Gasteiger partial charge in [0, 0.05) is 13.2 Å². The fourth-order valence-corrected chi connectivity index (χ4v) is 2.09. The highest BCUT2D eigenvalue weighted by Gasteiger charge is 2.05. The lowest BCUT2D eigenvalue weighted by molar-refractivity contribution is 0.0957. The molecule has 0 aromatic rings. The predicted molar refractivity (Wildman–Crippen MR) is 81.1 cm³/mol. The minimum atomic E-state index is 0.773. The summed E-state index contributed by atoms with van der Waals surface area (Å²) in [5.41, 5.74) is 0. The highest BCUT2D eigenvalue weighted by Crippen LogP contribution is 2.12. The van der Waals surface area contributed by atoms with E-state index >= 15 is 0 Å². The van der Waals surface area contributed by atoms with Gasteiger partial charge < -0.3 is 10.1 Å². The molecular formula is C16H35NO. The number of hydrogen-bond donors (Lipinski definition) is 1. The Balaban J connectivity index is 3.17. The first-order valence-corrected chi connectivity index (χ1v) is 8.13. The van der Waals surface area contributed by atoms with Gasteiger partial charge in [-0.3, -0.25) is 0 Å². The van der Waals surface area contributed by atoms with Gasteiger partial charge in [0.2, 0.25) is 0 Å². The van der Waals surface area contributed by atoms with Gasteiger partial charge in [0.1, 0.15) is 0 Å². The Morgan fingerprint density at radius 1 is 0.889 bits per heavy atom. The van der Waals surface area contributed by atoms with E-state index in [0.29, 0.717) is 0 Å². The van der Waals surface area contributed by atoms with E-state index in [2.05, 4.69) is 26.1 Å². The molecule has 0 aliphatic rings. The molecule has 0 aromatic carbocycles. The normalized spacial score (nSPS) is 12.8. The molecule has 0 saturated carbocycles. The molecule has 0 aliphatic heterocycles. The number of hydrogen-bond acceptors (Lipinski definition) is 2. The van der Waals surface area contributed by atoms with Gasteiger partial charge in [0.15, 0.2) is 0 Å². The van der Waals surface area contributed by atoms with Crippen LogP contribution in [0.25, 0.3) is 0 Å². The Hall–Kier alpha value is -0.0800. The molecule has 18 heavy (non-hydrogen) atoms. The summed E-state index contributed by atoms with van der Waals surface area (Å²) in [6.07, 6.45) is 10.6. The summed E-state index contributed by atoms with van der Waals surface area (Å²) in [4.78, 5) is 0. The van der Waals surface area contributed by atoms with Crippen LogP contribution in [0.3, 0.4) is 0 Å². The van der Waals surface area contributed by atoms with E-state index in [1.54, 1.807) is 0 Å². The molecule has 0 rings (SSSR count). The van der Waals surface area contributed by atoms with E-state index in [1.807, 2.05) is 0 Å². The highest BCUT2D eigenvalue weighted by atomic mass is 16.5. The maximum absolute atomic E-state index is 5.75. The Morgan fingerprint density at radius 2 is 1.67 bits per heavy atom. The maximum atomic E-state index is 5.75. The van der Waals surface area contributed by atoms with Gasteiger partial charge in [-0.2, -0.15) is 0 Å². The molecule has 2 nitrogen and oxygen atoms in total. The van der Waals surface area contributed by atoms with E-state index in [1.165, 1.54) is 51.4 Å². The lowest BCUT2D eigenvalue weighted by Crippen LogP contribution is -2.22. The largest absolute Gasteiger partial charge is 0.380 e. The van der Waals surface area contributed by atoms with Crippen molar-refractivity contribution in [2.75, 3.05) is 26.3 Å². The summed E-state index contributed by atoms with van der Waals surface area (Å²) in [5.74, 6) is 0.773. The first kappa shape index (κ1) is 17.9. The molecule has 1 atom stereocenters. The van der Waals surface area contributed by atoms with Crippen LogP contribution < -0.4 is 5.32 Å². The minimum Gasteiger partial charge on any atom is -0.380 e. The number of rotatable bonds is 14. The van der Waals surface area contributed by atoms with E-state index in [0.717, 1.165) is 32.2 Å². The van der Waals surface area contributed by atoms with E-state index in [-0.39, 0.29) is 0 Å². The van der Waals surface area contributed by atoms with Crippen LogP contribution in [0.1, 0.15) is 72.1 Å². The van der Waals surface area contributed by atoms with E-state index < -0.39 is 0 Å². The van der Waals surface area contributed by atoms with Gasteiger partial charge in [-0.15, -0.1) is 0 Å². The van der Waals surface area contributed by atoms with Crippen molar-refractivity contribution in [3.05, 3.63) is 0 Å². The zero-order valence-corrected chi connectivity index (χ0v) is 13.0. The van der Waals surface area contributed by atoms with Gasteiger partial charge in [0.05, 0.1) is 6.61 Å². The molecule has 0 spiro atoms. The average Bonchev–Trinajstić information content (AvgIpc) is 2.40. The molecule has 0 bridgehead atoms. The second-order valence-electron chi connectivity index (χ2n) is 5.30. The molecule has 1 N–H and O–H groups in total. The Kier molecular flexibility index (Phi) is 14.9. The lowest BCUT2D eigenvalue weighted by atomic mass is 10.0. The third-order valence-electron chi connectivity index (χ3n) is 3.53. The standard InChI is InChI=1S/C16H35NO/c1-4-7-9-10-12-17-13-14-18-15-16(6-3)11-8-5-2/h16-17H,4-15H2,1-3H3. The van der Waals surface area contributed by atoms with Crippen LogP contribution in [0, 0.1) is 5.92 Å². The SMILES string of the molecule is CCCCCCNCCOCC(CC)CCCC. The van der Waals surface area contributed by atoms with Crippen molar-refractivity contribution in [1.82, 2.24) is 5.32 Å². The highest BCUT2D eigenvalue weighted by molar-refractivity contribution is 4.56. The van der Waals surface area contributed by atoms with Crippen LogP contribution in [-0.4, -0.2) is 26.3 Å². The lowest BCUT2D eigenvalue weighted by Gasteiger charge is -2.14. The molecule has 1 unspecified atom stereocenters. The second-order valence-corrected chi connectivity index (χ2v) is 5.30. The van der Waals surface area contributed by atoms with Gasteiger partial charge in [-0.1, -0.05) is 59.3 Å². The van der Waals surface area contributed by atoms with E-state index in [9.17, 15) is 0 Å². The minimum absolute atomic E-state index is 0.773. The summed E-state index contributed by atoms with van der Waals surface area (Å²) in [6.45, 7) is 10.8. The third kappa shape index (κ3) is 12.4. The molecule has 0 fully saturated rings. The first-order chi connectivity index (χ1) is 8.85. The van der Waals surface area contributed by atoms with Crippen molar-refractivity contribution in [3.63, 3.8) is 0 Å². The fourth-order valence-electron chi connectivity index (χ4n) is 2.09. The van der Waals surface area contributed by atoms with Crippen LogP contribution in [0.15, 0.2) is 0 Å². The molecule has 0 aliphatic carbocycles. The van der Waals surface area contributed by atoms with Crippen LogP contribution in [0.2, 0.25) is 0 Å². The van der Waals surface area contributed by atoms with Crippen molar-refractivity contribution in [1.29, 1.82) is 0 Å². The van der Waals surface area contributed by atoms with Crippen molar-refractivity contribution in [2.24, 2.45) is 5.92 Å². The van der Waals surface area contributed by atoms with Gasteiger partial charge in [-0.25, -0.2) is 0 Å². The van der Waals surface area contributed by atoms with Gasteiger partial charge in [0.25, 0.3) is 0 Å². The Bertz CT molecular complexity index is 150. The monoisotopic (exact) mass is 257 g/mol. The zero-order chi connectivity index (χ0) is 13.5. The first-order valence-electron chi connectivity index (χ1n) is 8.13. The third-order valence-corrected chi connectivity index (χ3v) is 3.53. The van der Waals surface area contributed by atoms with E-state index in [4.69, 9.17) is 4.74 Å². The fraction of sp³-hybridized carbons (Fsp3) is 1.00. The molecule has 0 heterocycles. The summed E-state index contributed by atoms with van der Waals surface area (Å²) in [6, 6.07) is 0. The van der Waals surface area contributed by atoms with Gasteiger partial charge >= 0.3 is 0 Å². The topological polar surface area (TPSA) is 21.3 Å². The maximum Gasteiger partial charge on any atom is 0.0591 e. The molecule has 0 aromatic heterocycles. The smallest absolute Gasteiger partial charge is 0.0591 e. The summed E-state index contributed by atoms with van der Waals surface area (Å²) in [7, 11) is 0. The molecule has 110 valence electrons. The zero-order valence-electron chi connectivity index (χ0n) is 13.0. The quantitative estimate of drug-likeness (QED) is 0.466. The second kappa shape index (κ2) is 15.0. The number of unbranched alkanes of at least 4 members (excludes halogenated alkanes) is 4. The molecular weight excluding hydrogens is 222 g/mol. The van der Waals surface area contributed by atoms with Gasteiger partial charge in [-0.05, 0) is 25.3 Å². The van der Waals surface area contributed by atoms with Crippen molar-refractivity contribution >= 4 is 0 Å². The van der Waals surface area contributed by atoms with Crippen molar-refractivity contribution < 1.29 is 4.74 Å². The Labute approximate surface area is 115 Å². The van der Waals surface area contributed by atoms with Crippen molar-refractivity contribution in [2.45, 2.75) is 72.1 Å². The molecule has 0 amide bonds. The number of nitrogens with one attached hydrogen (secondary N) is 1. The summed E-state index contributed by atoms with van der Waals surface area (Å²) in [5, 5.41) is 3.45. The van der Waals surface area contributed by atoms with Crippen LogP contribution in [0.4, 0.5) is 0 Å². The molecule has 2 heteroatoms. The average molecular weight is 257 g/mol. The molecule has 0 saturated heterocycles. The summed E-state index contributed by atoms with van der Waals surface area (Å²) < 4.78 is 5.75. The van der Waals surface area contributed by atoms with Crippen LogP contribution in [-0.2, 0) is 4.74 Å². The molecule has 0 radical (unpaired) electrons. The number of ether oxygens (including phenoxy) is 1. The predicted octanol–water partition coefficient (Wildman–Crippen LogP) is 4.39. The van der Waals surface area contributed by atoms with Crippen LogP contribution >= 0.6 is 0 Å².